The van der Waals surface area contributed by atoms with Crippen molar-refractivity contribution in [1.29, 1.82) is 0 Å². The molecule has 7 heteroatoms. The number of ether oxygens (including phenoxy) is 1. The summed E-state index contributed by atoms with van der Waals surface area (Å²) in [6.45, 7) is 0. The molecule has 0 aliphatic heterocycles. The Balaban J connectivity index is 2.15. The van der Waals surface area contributed by atoms with Crippen molar-refractivity contribution >= 4 is 43.3 Å². The Morgan fingerprint density at radius 1 is 1.09 bits per heavy atom. The molecule has 0 radical (unpaired) electrons. The Kier molecular flexibility index (Phi) is 5.90. The lowest BCUT2D eigenvalue weighted by atomic mass is 10.0. The van der Waals surface area contributed by atoms with Crippen molar-refractivity contribution in [2.45, 2.75) is 9.65 Å². The number of halogens is 2. The fourth-order valence-corrected chi connectivity index (χ4v) is 3.11. The summed E-state index contributed by atoms with van der Waals surface area (Å²) in [5, 5.41) is 10.7. The van der Waals surface area contributed by atoms with E-state index in [-0.39, 0.29) is 16.3 Å². The van der Waals surface area contributed by atoms with E-state index in [1.165, 1.54) is 12.1 Å². The molecule has 0 unspecified atom stereocenters. The lowest BCUT2D eigenvalue weighted by Gasteiger charge is -2.16. The minimum atomic E-state index is -0.502. The number of rotatable bonds is 6. The highest BCUT2D eigenvalue weighted by atomic mass is 79.9. The van der Waals surface area contributed by atoms with Crippen LogP contribution < -0.4 is 4.74 Å². The molecule has 0 heterocycles. The van der Waals surface area contributed by atoms with Crippen LogP contribution >= 0.6 is 31.9 Å². The molecule has 2 atom stereocenters. The molecule has 0 fully saturated rings. The number of carbonyl (C=O) groups is 1. The molecule has 0 amide bonds. The van der Waals surface area contributed by atoms with Crippen LogP contribution in [-0.2, 0) is 0 Å². The van der Waals surface area contributed by atoms with Gasteiger partial charge in [0.1, 0.15) is 5.75 Å². The van der Waals surface area contributed by atoms with Gasteiger partial charge >= 0.3 is 0 Å². The van der Waals surface area contributed by atoms with Gasteiger partial charge in [-0.1, -0.05) is 44.0 Å². The first-order valence-corrected chi connectivity index (χ1v) is 8.48. The minimum Gasteiger partial charge on any atom is -0.497 e. The predicted octanol–water partition coefficient (Wildman–Crippen LogP) is 4.69. The molecular weight excluding hydrogens is 430 g/mol. The number of nitro benzene ring substituents is 1. The van der Waals surface area contributed by atoms with Crippen LogP contribution in [0.15, 0.2) is 48.5 Å². The highest BCUT2D eigenvalue weighted by Crippen LogP contribution is 2.34. The monoisotopic (exact) mass is 441 g/mol. The van der Waals surface area contributed by atoms with Gasteiger partial charge in [0.05, 0.1) is 21.7 Å². The highest BCUT2D eigenvalue weighted by Gasteiger charge is 2.26. The lowest BCUT2D eigenvalue weighted by Crippen LogP contribution is -2.19. The summed E-state index contributed by atoms with van der Waals surface area (Å²) in [6.07, 6.45) is 0. The van der Waals surface area contributed by atoms with E-state index >= 15 is 0 Å². The molecule has 120 valence electrons. The van der Waals surface area contributed by atoms with Gasteiger partial charge in [-0.25, -0.2) is 0 Å². The summed E-state index contributed by atoms with van der Waals surface area (Å²) in [7, 11) is 1.56. The molecule has 0 aromatic heterocycles. The van der Waals surface area contributed by atoms with Crippen molar-refractivity contribution in [2.24, 2.45) is 0 Å². The first-order chi connectivity index (χ1) is 10.9. The van der Waals surface area contributed by atoms with E-state index in [0.717, 1.165) is 5.56 Å². The van der Waals surface area contributed by atoms with Gasteiger partial charge in [0.15, 0.2) is 5.78 Å². The third kappa shape index (κ3) is 4.17. The van der Waals surface area contributed by atoms with E-state index in [1.807, 2.05) is 0 Å². The Labute approximate surface area is 150 Å². The highest BCUT2D eigenvalue weighted by molar-refractivity contribution is 9.12. The number of alkyl halides is 2. The molecule has 0 spiro atoms. The molecule has 2 aromatic rings. The van der Waals surface area contributed by atoms with Crippen LogP contribution in [0.1, 0.15) is 20.7 Å². The Morgan fingerprint density at radius 2 is 1.65 bits per heavy atom. The van der Waals surface area contributed by atoms with Crippen LogP contribution in [-0.4, -0.2) is 22.6 Å². The van der Waals surface area contributed by atoms with Crippen LogP contribution in [0.25, 0.3) is 0 Å². The average Bonchev–Trinajstić information content (AvgIpc) is 2.60. The van der Waals surface area contributed by atoms with Crippen LogP contribution in [0, 0.1) is 10.1 Å². The molecule has 0 bridgehead atoms. The molecule has 2 aromatic carbocycles. The second-order valence-corrected chi connectivity index (χ2v) is 6.72. The number of carbonyl (C=O) groups excluding carboxylic acids is 1. The number of ketones is 1. The standard InChI is InChI=1S/C16H13Br2NO4/c1-23-13-8-4-11(5-9-13)16(20)15(18)14(17)10-2-6-12(7-3-10)19(21)22/h2-9,14-15H,1H3/t14-,15-/m1/s1. The average molecular weight is 443 g/mol. The van der Waals surface area contributed by atoms with Crippen molar-refractivity contribution in [2.75, 3.05) is 7.11 Å². The van der Waals surface area contributed by atoms with Gasteiger partial charge in [0.2, 0.25) is 0 Å². The Morgan fingerprint density at radius 3 is 2.13 bits per heavy atom. The van der Waals surface area contributed by atoms with E-state index in [9.17, 15) is 14.9 Å². The zero-order valence-corrected chi connectivity index (χ0v) is 15.3. The molecule has 5 nitrogen and oxygen atoms in total. The van der Waals surface area contributed by atoms with Gasteiger partial charge in [0, 0.05) is 17.7 Å². The van der Waals surface area contributed by atoms with Crippen LogP contribution in [0.4, 0.5) is 5.69 Å². The van der Waals surface area contributed by atoms with Gasteiger partial charge in [-0.2, -0.15) is 0 Å². The summed E-state index contributed by atoms with van der Waals surface area (Å²) in [5.41, 5.74) is 1.35. The zero-order valence-electron chi connectivity index (χ0n) is 12.1. The molecule has 0 N–H and O–H groups in total. The van der Waals surface area contributed by atoms with E-state index in [4.69, 9.17) is 4.74 Å². The fourth-order valence-electron chi connectivity index (χ4n) is 2.00. The number of benzene rings is 2. The maximum Gasteiger partial charge on any atom is 0.269 e. The van der Waals surface area contributed by atoms with Crippen molar-refractivity contribution in [3.8, 4) is 5.75 Å². The normalized spacial score (nSPS) is 13.2. The Bertz CT molecular complexity index is 701. The largest absolute Gasteiger partial charge is 0.497 e. The van der Waals surface area contributed by atoms with E-state index in [0.29, 0.717) is 11.3 Å². The first-order valence-electron chi connectivity index (χ1n) is 6.65. The number of hydrogen-bond acceptors (Lipinski definition) is 4. The Hall–Kier alpha value is -1.73. The number of hydrogen-bond donors (Lipinski definition) is 0. The van der Waals surface area contributed by atoms with Crippen molar-refractivity contribution in [1.82, 2.24) is 0 Å². The molecular formula is C16H13Br2NO4. The maximum absolute atomic E-state index is 12.5. The maximum atomic E-state index is 12.5. The van der Waals surface area contributed by atoms with Crippen LogP contribution in [0.2, 0.25) is 0 Å². The van der Waals surface area contributed by atoms with Gasteiger partial charge in [-0.3, -0.25) is 14.9 Å². The molecule has 2 rings (SSSR count). The zero-order chi connectivity index (χ0) is 17.0. The van der Waals surface area contributed by atoms with E-state index in [1.54, 1.807) is 43.5 Å². The lowest BCUT2D eigenvalue weighted by molar-refractivity contribution is -0.384. The molecule has 0 saturated carbocycles. The smallest absolute Gasteiger partial charge is 0.269 e. The number of Topliss-reactive ketones (excluding diaryl/α,β-unsaturated/α-hetero) is 1. The molecule has 0 aliphatic carbocycles. The molecule has 23 heavy (non-hydrogen) atoms. The predicted molar refractivity (Wildman–Crippen MR) is 94.8 cm³/mol. The second-order valence-electron chi connectivity index (χ2n) is 4.74. The number of non-ortho nitro benzene ring substituents is 1. The van der Waals surface area contributed by atoms with Crippen LogP contribution in [0.3, 0.4) is 0 Å². The SMILES string of the molecule is COc1ccc(C(=O)[C@H](Br)[C@H](Br)c2ccc([N+](=O)[O-])cc2)cc1. The summed E-state index contributed by atoms with van der Waals surface area (Å²) >= 11 is 6.88. The van der Waals surface area contributed by atoms with E-state index in [2.05, 4.69) is 31.9 Å². The van der Waals surface area contributed by atoms with Gasteiger partial charge in [0.25, 0.3) is 5.69 Å². The summed E-state index contributed by atoms with van der Waals surface area (Å²) < 4.78 is 5.07. The number of nitro groups is 1. The van der Waals surface area contributed by atoms with Crippen LogP contribution in [0.5, 0.6) is 5.75 Å². The van der Waals surface area contributed by atoms with Crippen molar-refractivity contribution in [3.05, 3.63) is 69.8 Å². The van der Waals surface area contributed by atoms with Crippen molar-refractivity contribution < 1.29 is 14.5 Å². The van der Waals surface area contributed by atoms with E-state index < -0.39 is 9.75 Å². The third-order valence-corrected chi connectivity index (χ3v) is 6.02. The van der Waals surface area contributed by atoms with Crippen molar-refractivity contribution in [3.63, 3.8) is 0 Å². The number of methoxy groups -OCH3 is 1. The number of nitrogens with zero attached hydrogens (tertiary/aromatic N) is 1. The van der Waals surface area contributed by atoms with Gasteiger partial charge in [-0.05, 0) is 29.8 Å². The third-order valence-electron chi connectivity index (χ3n) is 3.30. The minimum absolute atomic E-state index is 0.0149. The van der Waals surface area contributed by atoms with Gasteiger partial charge in [-0.15, -0.1) is 0 Å². The first kappa shape index (κ1) is 17.6. The summed E-state index contributed by atoms with van der Waals surface area (Å²) in [6, 6.07) is 12.9. The topological polar surface area (TPSA) is 69.4 Å². The quantitative estimate of drug-likeness (QED) is 0.281. The molecule has 0 aliphatic rings. The fraction of sp³-hybridized carbons (Fsp3) is 0.188. The van der Waals surface area contributed by atoms with Gasteiger partial charge < -0.3 is 4.74 Å². The summed E-state index contributed by atoms with van der Waals surface area (Å²) in [5.74, 6) is 0.589. The summed E-state index contributed by atoms with van der Waals surface area (Å²) in [4.78, 5) is 21.9. The molecule has 0 saturated heterocycles. The second kappa shape index (κ2) is 7.70.